The zero-order valence-corrected chi connectivity index (χ0v) is 12.4. The van der Waals surface area contributed by atoms with E-state index in [1.807, 2.05) is 0 Å². The van der Waals surface area contributed by atoms with E-state index in [1.165, 1.54) is 0 Å². The molecule has 0 heterocycles. The lowest BCUT2D eigenvalue weighted by Gasteiger charge is -2.28. The minimum absolute atomic E-state index is 0.250. The minimum Gasteiger partial charge on any atom is -0.382 e. The third-order valence-electron chi connectivity index (χ3n) is 2.83. The summed E-state index contributed by atoms with van der Waals surface area (Å²) in [7, 11) is 1.67. The second-order valence-corrected chi connectivity index (χ2v) is 5.53. The topological polar surface area (TPSA) is 27.7 Å². The Bertz CT molecular complexity index is 169. The molecule has 0 spiro atoms. The van der Waals surface area contributed by atoms with Crippen LogP contribution >= 0.6 is 11.6 Å². The number of rotatable bonds is 10. The van der Waals surface area contributed by atoms with Crippen molar-refractivity contribution in [1.29, 1.82) is 0 Å². The molecule has 0 amide bonds. The quantitative estimate of drug-likeness (QED) is 0.449. The first-order valence-electron chi connectivity index (χ1n) is 6.22. The molecule has 0 saturated carbocycles. The van der Waals surface area contributed by atoms with Crippen LogP contribution in [0.3, 0.4) is 0 Å². The molecule has 0 aliphatic rings. The van der Waals surface area contributed by atoms with Crippen LogP contribution in [0.25, 0.3) is 0 Å². The standard InChI is InChI=1S/C13H27ClO3/c1-13(2,3)12(11-14)5-6-16-9-10-17-8-7-15-4/h12H,5-11H2,1-4H3. The zero-order valence-electron chi connectivity index (χ0n) is 11.6. The van der Waals surface area contributed by atoms with Crippen LogP contribution in [0.1, 0.15) is 27.2 Å². The molecule has 0 radical (unpaired) electrons. The predicted octanol–water partition coefficient (Wildman–Crippen LogP) is 2.96. The Balaban J connectivity index is 3.38. The maximum absolute atomic E-state index is 5.96. The predicted molar refractivity (Wildman–Crippen MR) is 71.8 cm³/mol. The SMILES string of the molecule is COCCOCCOCCC(CCl)C(C)(C)C. The van der Waals surface area contributed by atoms with Gasteiger partial charge in [0.25, 0.3) is 0 Å². The molecule has 1 unspecified atom stereocenters. The van der Waals surface area contributed by atoms with E-state index < -0.39 is 0 Å². The number of halogens is 1. The van der Waals surface area contributed by atoms with Crippen LogP contribution in [0.15, 0.2) is 0 Å². The van der Waals surface area contributed by atoms with Crippen molar-refractivity contribution in [3.8, 4) is 0 Å². The average molecular weight is 267 g/mol. The summed E-state index contributed by atoms with van der Waals surface area (Å²) in [6.07, 6.45) is 1.01. The van der Waals surface area contributed by atoms with Crippen LogP contribution in [0.2, 0.25) is 0 Å². The maximum atomic E-state index is 5.96. The van der Waals surface area contributed by atoms with E-state index in [1.54, 1.807) is 7.11 Å². The van der Waals surface area contributed by atoms with Crippen molar-refractivity contribution in [3.05, 3.63) is 0 Å². The Morgan fingerprint density at radius 1 is 0.941 bits per heavy atom. The van der Waals surface area contributed by atoms with Gasteiger partial charge in [-0.05, 0) is 17.8 Å². The molecule has 3 nitrogen and oxygen atoms in total. The average Bonchev–Trinajstić information content (AvgIpc) is 2.25. The molecule has 0 N–H and O–H groups in total. The van der Waals surface area contributed by atoms with Gasteiger partial charge in [0.05, 0.1) is 26.4 Å². The van der Waals surface area contributed by atoms with E-state index in [9.17, 15) is 0 Å². The lowest BCUT2D eigenvalue weighted by molar-refractivity contribution is 0.0192. The van der Waals surface area contributed by atoms with Crippen LogP contribution in [0, 0.1) is 11.3 Å². The van der Waals surface area contributed by atoms with E-state index in [2.05, 4.69) is 20.8 Å². The van der Waals surface area contributed by atoms with Crippen LogP contribution in [0.5, 0.6) is 0 Å². The molecule has 0 aliphatic carbocycles. The van der Waals surface area contributed by atoms with E-state index in [0.29, 0.717) is 38.2 Å². The Labute approximate surface area is 111 Å². The highest BCUT2D eigenvalue weighted by Crippen LogP contribution is 2.29. The number of methoxy groups -OCH3 is 1. The van der Waals surface area contributed by atoms with Crippen LogP contribution < -0.4 is 0 Å². The van der Waals surface area contributed by atoms with Gasteiger partial charge in [-0.3, -0.25) is 0 Å². The second kappa shape index (κ2) is 10.1. The highest BCUT2D eigenvalue weighted by molar-refractivity contribution is 6.18. The van der Waals surface area contributed by atoms with Gasteiger partial charge >= 0.3 is 0 Å². The summed E-state index contributed by atoms with van der Waals surface area (Å²) in [5.41, 5.74) is 0.250. The van der Waals surface area contributed by atoms with Crippen molar-refractivity contribution in [1.82, 2.24) is 0 Å². The summed E-state index contributed by atoms with van der Waals surface area (Å²) < 4.78 is 15.7. The first kappa shape index (κ1) is 17.2. The van der Waals surface area contributed by atoms with Gasteiger partial charge in [0.1, 0.15) is 0 Å². The molecule has 0 bridgehead atoms. The molecule has 1 atom stereocenters. The zero-order chi connectivity index (χ0) is 13.1. The molecular formula is C13H27ClO3. The molecule has 4 heteroatoms. The highest BCUT2D eigenvalue weighted by Gasteiger charge is 2.23. The summed E-state index contributed by atoms with van der Waals surface area (Å²) in [5, 5.41) is 0. The highest BCUT2D eigenvalue weighted by atomic mass is 35.5. The lowest BCUT2D eigenvalue weighted by atomic mass is 9.80. The van der Waals surface area contributed by atoms with Gasteiger partial charge in [-0.25, -0.2) is 0 Å². The van der Waals surface area contributed by atoms with Crippen molar-refractivity contribution in [2.24, 2.45) is 11.3 Å². The number of hydrogen-bond donors (Lipinski definition) is 0. The smallest absolute Gasteiger partial charge is 0.0701 e. The van der Waals surface area contributed by atoms with Crippen molar-refractivity contribution in [3.63, 3.8) is 0 Å². The Morgan fingerprint density at radius 3 is 1.94 bits per heavy atom. The monoisotopic (exact) mass is 266 g/mol. The molecule has 0 aromatic carbocycles. The fraction of sp³-hybridized carbons (Fsp3) is 1.00. The van der Waals surface area contributed by atoms with Crippen LogP contribution in [-0.4, -0.2) is 46.0 Å². The van der Waals surface area contributed by atoms with Gasteiger partial charge in [-0.15, -0.1) is 11.6 Å². The van der Waals surface area contributed by atoms with Crippen LogP contribution in [0.4, 0.5) is 0 Å². The first-order chi connectivity index (χ1) is 8.02. The van der Waals surface area contributed by atoms with E-state index in [0.717, 1.165) is 13.0 Å². The largest absolute Gasteiger partial charge is 0.382 e. The first-order valence-corrected chi connectivity index (χ1v) is 6.76. The van der Waals surface area contributed by atoms with Gasteiger partial charge in [-0.1, -0.05) is 20.8 Å². The van der Waals surface area contributed by atoms with Crippen molar-refractivity contribution < 1.29 is 14.2 Å². The maximum Gasteiger partial charge on any atom is 0.0701 e. The fourth-order valence-corrected chi connectivity index (χ4v) is 2.05. The summed E-state index contributed by atoms with van der Waals surface area (Å²) >= 11 is 5.96. The van der Waals surface area contributed by atoms with Crippen LogP contribution in [-0.2, 0) is 14.2 Å². The summed E-state index contributed by atoms with van der Waals surface area (Å²) in [6, 6.07) is 0. The third kappa shape index (κ3) is 9.83. The van der Waals surface area contributed by atoms with Gasteiger partial charge in [0.2, 0.25) is 0 Å². The lowest BCUT2D eigenvalue weighted by Crippen LogP contribution is -2.23. The molecule has 17 heavy (non-hydrogen) atoms. The molecule has 0 aliphatic heterocycles. The van der Waals surface area contributed by atoms with Crippen molar-refractivity contribution >= 4 is 11.6 Å². The third-order valence-corrected chi connectivity index (χ3v) is 3.20. The Hall–Kier alpha value is 0.170. The van der Waals surface area contributed by atoms with E-state index in [4.69, 9.17) is 25.8 Å². The number of hydrogen-bond acceptors (Lipinski definition) is 3. The van der Waals surface area contributed by atoms with Gasteiger partial charge in [-0.2, -0.15) is 0 Å². The fourth-order valence-electron chi connectivity index (χ4n) is 1.43. The molecule has 0 rings (SSSR count). The molecule has 0 aromatic heterocycles. The summed E-state index contributed by atoms with van der Waals surface area (Å²) in [6.45, 7) is 9.94. The van der Waals surface area contributed by atoms with E-state index >= 15 is 0 Å². The van der Waals surface area contributed by atoms with Gasteiger partial charge in [0.15, 0.2) is 0 Å². The Morgan fingerprint density at radius 2 is 1.47 bits per heavy atom. The second-order valence-electron chi connectivity index (χ2n) is 5.22. The van der Waals surface area contributed by atoms with Gasteiger partial charge < -0.3 is 14.2 Å². The van der Waals surface area contributed by atoms with Crippen molar-refractivity contribution in [2.45, 2.75) is 27.2 Å². The number of ether oxygens (including phenoxy) is 3. The van der Waals surface area contributed by atoms with E-state index in [-0.39, 0.29) is 5.41 Å². The molecule has 104 valence electrons. The molecule has 0 aromatic rings. The normalized spacial score (nSPS) is 13.9. The summed E-state index contributed by atoms with van der Waals surface area (Å²) in [4.78, 5) is 0. The molecule has 0 fully saturated rings. The molecule has 0 saturated heterocycles. The van der Waals surface area contributed by atoms with Crippen molar-refractivity contribution in [2.75, 3.05) is 46.0 Å². The Kier molecular flexibility index (Phi) is 10.2. The van der Waals surface area contributed by atoms with Gasteiger partial charge in [0, 0.05) is 19.6 Å². The molecular weight excluding hydrogens is 240 g/mol. The minimum atomic E-state index is 0.250. The number of alkyl halides is 1. The summed E-state index contributed by atoms with van der Waals surface area (Å²) in [5.74, 6) is 1.19.